The highest BCUT2D eigenvalue weighted by molar-refractivity contribution is 5.67. The number of rotatable bonds is 8. The van der Waals surface area contributed by atoms with Gasteiger partial charge < -0.3 is 20.1 Å². The summed E-state index contributed by atoms with van der Waals surface area (Å²) < 4.78 is 10.9. The summed E-state index contributed by atoms with van der Waals surface area (Å²) in [6.07, 6.45) is 5.88. The summed E-state index contributed by atoms with van der Waals surface area (Å²) in [5, 5.41) is 6.57. The number of hydrogen-bond acceptors (Lipinski definition) is 4. The number of nitrogens with one attached hydrogen (secondary N) is 2. The minimum absolute atomic E-state index is 0.301. The normalized spacial score (nSPS) is 22.2. The van der Waals surface area contributed by atoms with Gasteiger partial charge in [0.2, 0.25) is 0 Å². The predicted octanol–water partition coefficient (Wildman–Crippen LogP) is 3.47. The first-order chi connectivity index (χ1) is 10.8. The fraction of sp³-hybridized carbons (Fsp3) is 0.944. The molecule has 5 heteroatoms. The van der Waals surface area contributed by atoms with Crippen molar-refractivity contribution in [2.45, 2.75) is 84.5 Å². The van der Waals surface area contributed by atoms with Crippen LogP contribution in [0.5, 0.6) is 0 Å². The van der Waals surface area contributed by atoms with Gasteiger partial charge in [0.1, 0.15) is 5.60 Å². The monoisotopic (exact) mass is 328 g/mol. The minimum atomic E-state index is -0.440. The molecule has 1 rings (SSSR count). The molecule has 0 saturated heterocycles. The van der Waals surface area contributed by atoms with Gasteiger partial charge in [-0.1, -0.05) is 12.8 Å². The zero-order chi connectivity index (χ0) is 17.3. The number of alkyl carbamates (subject to hydrolysis) is 1. The van der Waals surface area contributed by atoms with Crippen LogP contribution in [0.15, 0.2) is 0 Å². The van der Waals surface area contributed by atoms with Gasteiger partial charge in [-0.05, 0) is 66.3 Å². The number of carbonyl (C=O) groups excluding carboxylic acids is 1. The number of ether oxygens (including phenoxy) is 2. The molecule has 2 N–H and O–H groups in total. The van der Waals surface area contributed by atoms with Crippen molar-refractivity contribution in [1.29, 1.82) is 0 Å². The molecule has 0 heterocycles. The van der Waals surface area contributed by atoms with Crippen LogP contribution in [0.3, 0.4) is 0 Å². The second-order valence-electron chi connectivity index (χ2n) is 7.76. The van der Waals surface area contributed by atoms with Gasteiger partial charge in [-0.3, -0.25) is 0 Å². The van der Waals surface area contributed by atoms with Crippen molar-refractivity contribution in [1.82, 2.24) is 10.6 Å². The van der Waals surface area contributed by atoms with E-state index in [1.165, 1.54) is 19.3 Å². The molecule has 0 aromatic rings. The van der Waals surface area contributed by atoms with Gasteiger partial charge >= 0.3 is 6.09 Å². The van der Waals surface area contributed by atoms with E-state index >= 15 is 0 Å². The molecule has 1 amide bonds. The fourth-order valence-electron chi connectivity index (χ4n) is 2.93. The molecule has 0 bridgehead atoms. The average molecular weight is 328 g/mol. The predicted molar refractivity (Wildman–Crippen MR) is 93.7 cm³/mol. The maximum Gasteiger partial charge on any atom is 0.407 e. The maximum absolute atomic E-state index is 11.8. The van der Waals surface area contributed by atoms with E-state index in [1.807, 2.05) is 20.8 Å². The van der Waals surface area contributed by atoms with Gasteiger partial charge in [-0.2, -0.15) is 0 Å². The van der Waals surface area contributed by atoms with Crippen LogP contribution in [0.4, 0.5) is 4.79 Å². The highest BCUT2D eigenvalue weighted by Gasteiger charge is 2.25. The van der Waals surface area contributed by atoms with Crippen LogP contribution in [-0.2, 0) is 9.47 Å². The van der Waals surface area contributed by atoms with Crippen molar-refractivity contribution < 1.29 is 14.3 Å². The van der Waals surface area contributed by atoms with Gasteiger partial charge in [0, 0.05) is 19.2 Å². The molecular weight excluding hydrogens is 292 g/mol. The lowest BCUT2D eigenvalue weighted by atomic mass is 9.84. The fourth-order valence-corrected chi connectivity index (χ4v) is 2.93. The Morgan fingerprint density at radius 3 is 2.57 bits per heavy atom. The lowest BCUT2D eigenvalue weighted by molar-refractivity contribution is 0.0510. The molecule has 0 aliphatic heterocycles. The van der Waals surface area contributed by atoms with Crippen LogP contribution < -0.4 is 10.6 Å². The first kappa shape index (κ1) is 20.2. The Balaban J connectivity index is 2.27. The van der Waals surface area contributed by atoms with Crippen LogP contribution in [0.1, 0.15) is 66.7 Å². The van der Waals surface area contributed by atoms with Gasteiger partial charge in [0.05, 0.1) is 6.10 Å². The Hall–Kier alpha value is -0.810. The Labute approximate surface area is 141 Å². The van der Waals surface area contributed by atoms with E-state index in [2.05, 4.69) is 24.5 Å². The molecule has 1 saturated carbocycles. The summed E-state index contributed by atoms with van der Waals surface area (Å²) in [4.78, 5) is 11.8. The standard InChI is InChI=1S/C18H36N2O3/c1-14(2)22-12-8-11-19-16-10-7-6-9-15(16)13-20-17(21)23-18(3,4)5/h14-16,19H,6-13H2,1-5H3,(H,20,21). The second-order valence-corrected chi connectivity index (χ2v) is 7.76. The first-order valence-corrected chi connectivity index (χ1v) is 9.10. The summed E-state index contributed by atoms with van der Waals surface area (Å²) in [6, 6.07) is 0.484. The van der Waals surface area contributed by atoms with Crippen molar-refractivity contribution in [2.75, 3.05) is 19.7 Å². The molecule has 2 atom stereocenters. The van der Waals surface area contributed by atoms with Gasteiger partial charge in [0.15, 0.2) is 0 Å². The SMILES string of the molecule is CC(C)OCCCNC1CCCCC1CNC(=O)OC(C)(C)C. The van der Waals surface area contributed by atoms with Crippen molar-refractivity contribution in [3.63, 3.8) is 0 Å². The van der Waals surface area contributed by atoms with Crippen LogP contribution in [-0.4, -0.2) is 43.5 Å². The molecular formula is C18H36N2O3. The molecule has 23 heavy (non-hydrogen) atoms. The third-order valence-electron chi connectivity index (χ3n) is 4.00. The summed E-state index contributed by atoms with van der Waals surface area (Å²) in [5.41, 5.74) is -0.440. The van der Waals surface area contributed by atoms with Crippen LogP contribution in [0, 0.1) is 5.92 Å². The smallest absolute Gasteiger partial charge is 0.407 e. The number of hydrogen-bond donors (Lipinski definition) is 2. The minimum Gasteiger partial charge on any atom is -0.444 e. The zero-order valence-electron chi connectivity index (χ0n) is 15.6. The van der Waals surface area contributed by atoms with Crippen molar-refractivity contribution >= 4 is 6.09 Å². The van der Waals surface area contributed by atoms with E-state index in [9.17, 15) is 4.79 Å². The highest BCUT2D eigenvalue weighted by Crippen LogP contribution is 2.24. The Morgan fingerprint density at radius 1 is 1.22 bits per heavy atom. The molecule has 0 spiro atoms. The van der Waals surface area contributed by atoms with Crippen molar-refractivity contribution in [3.8, 4) is 0 Å². The summed E-state index contributed by atoms with van der Waals surface area (Å²) in [7, 11) is 0. The molecule has 0 radical (unpaired) electrons. The lowest BCUT2D eigenvalue weighted by Gasteiger charge is -2.33. The Morgan fingerprint density at radius 2 is 1.91 bits per heavy atom. The average Bonchev–Trinajstić information content (AvgIpc) is 2.43. The Bertz CT molecular complexity index is 340. The molecule has 0 aromatic carbocycles. The maximum atomic E-state index is 11.8. The van der Waals surface area contributed by atoms with E-state index in [-0.39, 0.29) is 6.09 Å². The third-order valence-corrected chi connectivity index (χ3v) is 4.00. The van der Waals surface area contributed by atoms with E-state index in [0.717, 1.165) is 26.0 Å². The first-order valence-electron chi connectivity index (χ1n) is 9.10. The van der Waals surface area contributed by atoms with Gasteiger partial charge in [0.25, 0.3) is 0 Å². The summed E-state index contributed by atoms with van der Waals surface area (Å²) in [5.74, 6) is 0.488. The molecule has 5 nitrogen and oxygen atoms in total. The number of carbonyl (C=O) groups is 1. The van der Waals surface area contributed by atoms with Crippen molar-refractivity contribution in [3.05, 3.63) is 0 Å². The number of amides is 1. The van der Waals surface area contributed by atoms with Crippen LogP contribution in [0.2, 0.25) is 0 Å². The van der Waals surface area contributed by atoms with Crippen molar-refractivity contribution in [2.24, 2.45) is 5.92 Å². The largest absolute Gasteiger partial charge is 0.444 e. The summed E-state index contributed by atoms with van der Waals surface area (Å²) >= 11 is 0. The van der Waals surface area contributed by atoms with Crippen LogP contribution >= 0.6 is 0 Å². The van der Waals surface area contributed by atoms with E-state index < -0.39 is 5.60 Å². The third kappa shape index (κ3) is 9.82. The topological polar surface area (TPSA) is 59.6 Å². The van der Waals surface area contributed by atoms with E-state index in [4.69, 9.17) is 9.47 Å². The Kier molecular flexibility index (Phi) is 8.92. The lowest BCUT2D eigenvalue weighted by Crippen LogP contribution is -2.45. The zero-order valence-corrected chi connectivity index (χ0v) is 15.6. The van der Waals surface area contributed by atoms with Crippen LogP contribution in [0.25, 0.3) is 0 Å². The summed E-state index contributed by atoms with van der Waals surface area (Å²) in [6.45, 7) is 12.2. The molecule has 136 valence electrons. The molecule has 1 aliphatic carbocycles. The quantitative estimate of drug-likeness (QED) is 0.670. The molecule has 1 aliphatic rings. The van der Waals surface area contributed by atoms with Gasteiger partial charge in [-0.25, -0.2) is 4.79 Å². The van der Waals surface area contributed by atoms with E-state index in [0.29, 0.717) is 24.6 Å². The molecule has 0 aromatic heterocycles. The van der Waals surface area contributed by atoms with E-state index in [1.54, 1.807) is 0 Å². The molecule has 1 fully saturated rings. The highest BCUT2D eigenvalue weighted by atomic mass is 16.6. The second kappa shape index (κ2) is 10.1. The molecule has 2 unspecified atom stereocenters. The van der Waals surface area contributed by atoms with Gasteiger partial charge in [-0.15, -0.1) is 0 Å².